The first kappa shape index (κ1) is 10.1. The van der Waals surface area contributed by atoms with Gasteiger partial charge in [0.05, 0.1) is 0 Å². The Morgan fingerprint density at radius 1 is 1.60 bits per heavy atom. The van der Waals surface area contributed by atoms with Gasteiger partial charge in [0.25, 0.3) is 0 Å². The van der Waals surface area contributed by atoms with Gasteiger partial charge >= 0.3 is 7.60 Å². The summed E-state index contributed by atoms with van der Waals surface area (Å²) in [6.07, 6.45) is 1.87. The topological polar surface area (TPSA) is 81.3 Å². The Labute approximate surface area is 60.6 Å². The van der Waals surface area contributed by atoms with Crippen molar-refractivity contribution >= 4 is 7.60 Å². The molecule has 3 N–H and O–H groups in total. The van der Waals surface area contributed by atoms with Crippen molar-refractivity contribution in [1.29, 1.82) is 0 Å². The fourth-order valence-corrected chi connectivity index (χ4v) is 1.08. The molecule has 0 bridgehead atoms. The van der Waals surface area contributed by atoms with E-state index in [2.05, 4.69) is 0 Å². The molecular weight excluding hydrogens is 153 g/mol. The van der Waals surface area contributed by atoms with E-state index in [1.807, 2.05) is 6.92 Å². The van der Waals surface area contributed by atoms with Crippen molar-refractivity contribution in [2.75, 3.05) is 0 Å². The third-order valence-electron chi connectivity index (χ3n) is 1.24. The van der Waals surface area contributed by atoms with E-state index >= 15 is 0 Å². The third kappa shape index (κ3) is 4.01. The molecule has 1 unspecified atom stereocenters. The Bertz CT molecular complexity index is 133. The van der Waals surface area contributed by atoms with E-state index in [4.69, 9.17) is 15.5 Å². The third-order valence-corrected chi connectivity index (χ3v) is 2.31. The van der Waals surface area contributed by atoms with Crippen LogP contribution in [0.2, 0.25) is 0 Å². The van der Waals surface area contributed by atoms with Crippen LogP contribution in [0.5, 0.6) is 0 Å². The highest BCUT2D eigenvalue weighted by Crippen LogP contribution is 2.41. The minimum atomic E-state index is -4.12. The van der Waals surface area contributed by atoms with Gasteiger partial charge in [-0.25, -0.2) is 5.73 Å². The van der Waals surface area contributed by atoms with Gasteiger partial charge in [0.1, 0.15) is 5.78 Å². The molecule has 0 aromatic rings. The molecule has 0 aliphatic rings. The van der Waals surface area contributed by atoms with Crippen LogP contribution in [0.1, 0.15) is 26.2 Å². The quantitative estimate of drug-likeness (QED) is 0.610. The van der Waals surface area contributed by atoms with E-state index in [0.29, 0.717) is 12.8 Å². The van der Waals surface area contributed by atoms with Gasteiger partial charge in [-0.15, -0.1) is 0 Å². The molecule has 0 fully saturated rings. The van der Waals surface area contributed by atoms with Crippen LogP contribution < -0.4 is 5.73 Å². The molecule has 0 rings (SSSR count). The SMILES string of the molecule is CCCCC([NH])P(=O)(O)O. The second kappa shape index (κ2) is 4.09. The van der Waals surface area contributed by atoms with Gasteiger partial charge in [-0.3, -0.25) is 4.57 Å². The highest BCUT2D eigenvalue weighted by Gasteiger charge is 2.23. The summed E-state index contributed by atoms with van der Waals surface area (Å²) in [4.78, 5) is 16.9. The monoisotopic (exact) mass is 166 g/mol. The molecule has 0 aliphatic heterocycles. The van der Waals surface area contributed by atoms with E-state index < -0.39 is 13.4 Å². The maximum absolute atomic E-state index is 10.3. The van der Waals surface area contributed by atoms with Crippen LogP contribution >= 0.6 is 7.60 Å². The van der Waals surface area contributed by atoms with Crippen LogP contribution in [0, 0.1) is 0 Å². The van der Waals surface area contributed by atoms with Gasteiger partial charge < -0.3 is 9.79 Å². The zero-order valence-electron chi connectivity index (χ0n) is 5.95. The lowest BCUT2D eigenvalue weighted by Crippen LogP contribution is -2.08. The number of hydrogen-bond acceptors (Lipinski definition) is 1. The number of nitrogens with one attached hydrogen (secondary N) is 1. The fraction of sp³-hybridized carbons (Fsp3) is 1.00. The molecular formula is C5H13NO3P. The molecule has 4 nitrogen and oxygen atoms in total. The Hall–Kier alpha value is 0.110. The largest absolute Gasteiger partial charge is 0.343 e. The lowest BCUT2D eigenvalue weighted by molar-refractivity contribution is 0.352. The van der Waals surface area contributed by atoms with Crippen molar-refractivity contribution in [1.82, 2.24) is 5.73 Å². The second-order valence-electron chi connectivity index (χ2n) is 2.25. The zero-order valence-corrected chi connectivity index (χ0v) is 6.84. The number of hydrogen-bond donors (Lipinski definition) is 2. The summed E-state index contributed by atoms with van der Waals surface area (Å²) in [5.74, 6) is -1.22. The van der Waals surface area contributed by atoms with E-state index in [0.717, 1.165) is 6.42 Å². The summed E-state index contributed by atoms with van der Waals surface area (Å²) >= 11 is 0. The maximum atomic E-state index is 10.3. The molecule has 10 heavy (non-hydrogen) atoms. The zero-order chi connectivity index (χ0) is 8.20. The minimum Gasteiger partial charge on any atom is -0.323 e. The van der Waals surface area contributed by atoms with Gasteiger partial charge in [0, 0.05) is 0 Å². The van der Waals surface area contributed by atoms with Crippen molar-refractivity contribution in [2.45, 2.75) is 32.0 Å². The molecule has 61 valence electrons. The van der Waals surface area contributed by atoms with Crippen LogP contribution in [-0.2, 0) is 4.57 Å². The molecule has 0 aliphatic carbocycles. The molecule has 0 heterocycles. The summed E-state index contributed by atoms with van der Waals surface area (Å²) in [6.45, 7) is 1.92. The van der Waals surface area contributed by atoms with Crippen LogP contribution in [0.15, 0.2) is 0 Å². The first-order chi connectivity index (χ1) is 4.48. The highest BCUT2D eigenvalue weighted by molar-refractivity contribution is 7.52. The molecule has 0 saturated heterocycles. The maximum Gasteiger partial charge on any atom is 0.343 e. The van der Waals surface area contributed by atoms with Crippen molar-refractivity contribution in [3.8, 4) is 0 Å². The lowest BCUT2D eigenvalue weighted by Gasteiger charge is -2.10. The summed E-state index contributed by atoms with van der Waals surface area (Å²) in [5.41, 5.74) is 6.96. The van der Waals surface area contributed by atoms with E-state index in [1.165, 1.54) is 0 Å². The summed E-state index contributed by atoms with van der Waals surface area (Å²) in [5, 5.41) is 0. The number of unbranched alkanes of at least 4 members (excludes halogenated alkanes) is 1. The average molecular weight is 166 g/mol. The molecule has 0 amide bonds. The van der Waals surface area contributed by atoms with Gasteiger partial charge in [0.2, 0.25) is 0 Å². The first-order valence-electron chi connectivity index (χ1n) is 3.24. The van der Waals surface area contributed by atoms with E-state index in [9.17, 15) is 4.57 Å². The first-order valence-corrected chi connectivity index (χ1v) is 4.93. The predicted octanol–water partition coefficient (Wildman–Crippen LogP) is 0.963. The molecule has 0 saturated carbocycles. The normalized spacial score (nSPS) is 15.2. The van der Waals surface area contributed by atoms with Crippen LogP contribution in [0.4, 0.5) is 0 Å². The Morgan fingerprint density at radius 2 is 2.10 bits per heavy atom. The van der Waals surface area contributed by atoms with E-state index in [-0.39, 0.29) is 0 Å². The summed E-state index contributed by atoms with van der Waals surface area (Å²) in [6, 6.07) is 0. The van der Waals surface area contributed by atoms with Gasteiger partial charge in [-0.05, 0) is 6.42 Å². The minimum absolute atomic E-state index is 0.292. The van der Waals surface area contributed by atoms with Crippen LogP contribution in [0.25, 0.3) is 0 Å². The molecule has 1 atom stereocenters. The molecule has 1 radical (unpaired) electrons. The standard InChI is InChI=1S/C5H13NO3P/c1-2-3-4-5(6)10(7,8)9/h5-6H,2-4H2,1H3,(H2,7,8,9). The van der Waals surface area contributed by atoms with Gasteiger partial charge in [0.15, 0.2) is 0 Å². The van der Waals surface area contributed by atoms with Gasteiger partial charge in [-0.2, -0.15) is 0 Å². The molecule has 0 aromatic heterocycles. The Balaban J connectivity index is 3.63. The molecule has 5 heteroatoms. The van der Waals surface area contributed by atoms with Crippen molar-refractivity contribution in [3.05, 3.63) is 0 Å². The van der Waals surface area contributed by atoms with Crippen LogP contribution in [0.3, 0.4) is 0 Å². The second-order valence-corrected chi connectivity index (χ2v) is 4.05. The molecule has 0 spiro atoms. The number of rotatable bonds is 4. The fourth-order valence-electron chi connectivity index (χ4n) is 0.566. The van der Waals surface area contributed by atoms with Crippen molar-refractivity contribution < 1.29 is 14.4 Å². The lowest BCUT2D eigenvalue weighted by atomic mass is 10.2. The average Bonchev–Trinajstić information content (AvgIpc) is 1.80. The van der Waals surface area contributed by atoms with Gasteiger partial charge in [-0.1, -0.05) is 19.8 Å². The Kier molecular flexibility index (Phi) is 4.13. The van der Waals surface area contributed by atoms with Crippen molar-refractivity contribution in [2.24, 2.45) is 0 Å². The summed E-state index contributed by atoms with van der Waals surface area (Å²) < 4.78 is 10.3. The highest BCUT2D eigenvalue weighted by atomic mass is 31.2. The van der Waals surface area contributed by atoms with Crippen LogP contribution in [-0.4, -0.2) is 15.6 Å². The van der Waals surface area contributed by atoms with E-state index in [1.54, 1.807) is 0 Å². The summed E-state index contributed by atoms with van der Waals surface area (Å²) in [7, 11) is -4.12. The molecule has 0 aromatic carbocycles. The van der Waals surface area contributed by atoms with Crippen molar-refractivity contribution in [3.63, 3.8) is 0 Å². The predicted molar refractivity (Wildman–Crippen MR) is 38.5 cm³/mol. The Morgan fingerprint density at radius 3 is 2.40 bits per heavy atom. The smallest absolute Gasteiger partial charge is 0.323 e.